The maximum absolute atomic E-state index is 12.2. The van der Waals surface area contributed by atoms with Crippen molar-refractivity contribution in [2.45, 2.75) is 13.8 Å². The Morgan fingerprint density at radius 1 is 1.14 bits per heavy atom. The maximum Gasteiger partial charge on any atom is 0.296 e. The van der Waals surface area contributed by atoms with Crippen LogP contribution >= 0.6 is 0 Å². The minimum atomic E-state index is -0.556. The first kappa shape index (κ1) is 21.2. The summed E-state index contributed by atoms with van der Waals surface area (Å²) in [6, 6.07) is 10.3. The Bertz CT molecular complexity index is 833. The molecule has 2 aromatic carbocycles. The molecule has 0 saturated heterocycles. The quantitative estimate of drug-likeness (QED) is 0.525. The Labute approximate surface area is 164 Å². The second kappa shape index (κ2) is 9.70. The molecule has 8 heteroatoms. The van der Waals surface area contributed by atoms with Gasteiger partial charge in [-0.25, -0.2) is 0 Å². The van der Waals surface area contributed by atoms with Gasteiger partial charge in [-0.1, -0.05) is 6.07 Å². The van der Waals surface area contributed by atoms with Crippen LogP contribution in [-0.2, 0) is 4.79 Å². The molecule has 0 heterocycles. The van der Waals surface area contributed by atoms with E-state index in [2.05, 4.69) is 11.4 Å². The van der Waals surface area contributed by atoms with E-state index in [9.17, 15) is 14.9 Å². The molecule has 8 nitrogen and oxygen atoms in total. The van der Waals surface area contributed by atoms with Crippen LogP contribution in [0.4, 0.5) is 11.4 Å². The highest BCUT2D eigenvalue weighted by molar-refractivity contribution is 5.94. The first-order valence-electron chi connectivity index (χ1n) is 8.80. The number of amides is 1. The molecule has 0 fully saturated rings. The van der Waals surface area contributed by atoms with Crippen molar-refractivity contribution in [1.82, 2.24) is 4.90 Å². The van der Waals surface area contributed by atoms with Gasteiger partial charge in [-0.15, -0.1) is 0 Å². The molecule has 0 aromatic heterocycles. The second-order valence-electron chi connectivity index (χ2n) is 6.60. The Balaban J connectivity index is 1.86. The number of methoxy groups -OCH3 is 1. The van der Waals surface area contributed by atoms with Gasteiger partial charge in [0.15, 0.2) is 0 Å². The van der Waals surface area contributed by atoms with E-state index in [0.717, 1.165) is 16.9 Å². The molecule has 2 rings (SSSR count). The number of anilines is 1. The third-order valence-electron chi connectivity index (χ3n) is 4.03. The number of hydrogen-bond donors (Lipinski definition) is 1. The van der Waals surface area contributed by atoms with Gasteiger partial charge >= 0.3 is 0 Å². The number of nitro groups is 1. The van der Waals surface area contributed by atoms with Crippen molar-refractivity contribution in [3.05, 3.63) is 57.6 Å². The number of nitrogens with one attached hydrogen (secondary N) is 1. The number of benzene rings is 2. The van der Waals surface area contributed by atoms with Gasteiger partial charge in [0.2, 0.25) is 5.91 Å². The van der Waals surface area contributed by atoms with Crippen molar-refractivity contribution < 1.29 is 19.2 Å². The van der Waals surface area contributed by atoms with Gasteiger partial charge in [0.1, 0.15) is 23.8 Å². The molecule has 0 atom stereocenters. The van der Waals surface area contributed by atoms with Gasteiger partial charge in [0, 0.05) is 6.54 Å². The van der Waals surface area contributed by atoms with Gasteiger partial charge in [-0.05, 0) is 56.3 Å². The summed E-state index contributed by atoms with van der Waals surface area (Å²) in [5.74, 6) is 0.803. The Hall–Kier alpha value is -3.13. The van der Waals surface area contributed by atoms with Gasteiger partial charge in [-0.2, -0.15) is 0 Å². The van der Waals surface area contributed by atoms with E-state index in [1.807, 2.05) is 26.0 Å². The topological polar surface area (TPSA) is 93.9 Å². The number of hydrogen-bond acceptors (Lipinski definition) is 6. The maximum atomic E-state index is 12.2. The summed E-state index contributed by atoms with van der Waals surface area (Å²) in [6.45, 7) is 5.06. The molecular formula is C20H25N3O5. The van der Waals surface area contributed by atoms with Crippen LogP contribution in [0.15, 0.2) is 36.4 Å². The van der Waals surface area contributed by atoms with E-state index in [-0.39, 0.29) is 23.8 Å². The van der Waals surface area contributed by atoms with Crippen LogP contribution in [0.3, 0.4) is 0 Å². The normalized spacial score (nSPS) is 10.6. The Morgan fingerprint density at radius 2 is 1.82 bits per heavy atom. The Morgan fingerprint density at radius 3 is 2.43 bits per heavy atom. The smallest absolute Gasteiger partial charge is 0.296 e. The number of carbonyl (C=O) groups is 1. The van der Waals surface area contributed by atoms with Crippen LogP contribution in [0.25, 0.3) is 0 Å². The van der Waals surface area contributed by atoms with Crippen molar-refractivity contribution in [3.8, 4) is 11.5 Å². The van der Waals surface area contributed by atoms with Gasteiger partial charge < -0.3 is 14.8 Å². The molecule has 0 bridgehead atoms. The standard InChI is InChI=1S/C20H25N3O5/c1-14-9-15(2)11-17(10-14)28-8-7-22(3)13-20(24)21-18-6-5-16(27-4)12-19(18)23(25)26/h5-6,9-12H,7-8,13H2,1-4H3,(H,21,24). The third kappa shape index (κ3) is 6.24. The van der Waals surface area contributed by atoms with Crippen LogP contribution in [0.1, 0.15) is 11.1 Å². The van der Waals surface area contributed by atoms with E-state index in [1.54, 1.807) is 18.0 Å². The SMILES string of the molecule is COc1ccc(NC(=O)CN(C)CCOc2cc(C)cc(C)c2)c([N+](=O)[O-])c1. The van der Waals surface area contributed by atoms with Crippen molar-refractivity contribution in [2.75, 3.05) is 39.2 Å². The molecule has 0 aliphatic rings. The summed E-state index contributed by atoms with van der Waals surface area (Å²) in [7, 11) is 3.21. The summed E-state index contributed by atoms with van der Waals surface area (Å²) >= 11 is 0. The van der Waals surface area contributed by atoms with Crippen LogP contribution in [0.2, 0.25) is 0 Å². The number of nitrogens with zero attached hydrogens (tertiary/aromatic N) is 2. The minimum Gasteiger partial charge on any atom is -0.496 e. The van der Waals surface area contributed by atoms with Crippen LogP contribution < -0.4 is 14.8 Å². The fraction of sp³-hybridized carbons (Fsp3) is 0.350. The van der Waals surface area contributed by atoms with Crippen LogP contribution in [0.5, 0.6) is 11.5 Å². The monoisotopic (exact) mass is 387 g/mol. The van der Waals surface area contributed by atoms with Crippen molar-refractivity contribution in [3.63, 3.8) is 0 Å². The van der Waals surface area contributed by atoms with E-state index in [4.69, 9.17) is 9.47 Å². The predicted molar refractivity (Wildman–Crippen MR) is 107 cm³/mol. The van der Waals surface area contributed by atoms with Gasteiger partial charge in [0.05, 0.1) is 24.6 Å². The summed E-state index contributed by atoms with van der Waals surface area (Å²) in [4.78, 5) is 24.6. The lowest BCUT2D eigenvalue weighted by Crippen LogP contribution is -2.33. The van der Waals surface area contributed by atoms with E-state index in [1.165, 1.54) is 19.2 Å². The number of carbonyl (C=O) groups excluding carboxylic acids is 1. The second-order valence-corrected chi connectivity index (χ2v) is 6.60. The molecule has 0 aliphatic heterocycles. The number of aryl methyl sites for hydroxylation is 2. The fourth-order valence-electron chi connectivity index (χ4n) is 2.74. The molecule has 0 radical (unpaired) electrons. The van der Waals surface area contributed by atoms with Gasteiger partial charge in [-0.3, -0.25) is 19.8 Å². The molecule has 0 spiro atoms. The average molecular weight is 387 g/mol. The summed E-state index contributed by atoms with van der Waals surface area (Å²) in [5.41, 5.74) is 2.18. The summed E-state index contributed by atoms with van der Waals surface area (Å²) in [5, 5.41) is 13.8. The number of rotatable bonds is 9. The number of nitro benzene ring substituents is 1. The van der Waals surface area contributed by atoms with Gasteiger partial charge in [0.25, 0.3) is 5.69 Å². The zero-order chi connectivity index (χ0) is 20.7. The molecule has 0 unspecified atom stereocenters. The molecule has 0 aliphatic carbocycles. The molecule has 1 amide bonds. The Kier molecular flexibility index (Phi) is 7.34. The van der Waals surface area contributed by atoms with Crippen molar-refractivity contribution >= 4 is 17.3 Å². The van der Waals surface area contributed by atoms with E-state index < -0.39 is 4.92 Å². The predicted octanol–water partition coefficient (Wildman–Crippen LogP) is 3.17. The number of likely N-dealkylation sites (N-methyl/N-ethyl adjacent to an activating group) is 1. The highest BCUT2D eigenvalue weighted by Gasteiger charge is 2.18. The molecule has 1 N–H and O–H groups in total. The fourth-order valence-corrected chi connectivity index (χ4v) is 2.74. The largest absolute Gasteiger partial charge is 0.496 e. The van der Waals surface area contributed by atoms with E-state index in [0.29, 0.717) is 18.9 Å². The van der Waals surface area contributed by atoms with Crippen molar-refractivity contribution in [1.29, 1.82) is 0 Å². The van der Waals surface area contributed by atoms with E-state index >= 15 is 0 Å². The molecule has 2 aromatic rings. The van der Waals surface area contributed by atoms with Crippen molar-refractivity contribution in [2.24, 2.45) is 0 Å². The van der Waals surface area contributed by atoms with Crippen LogP contribution in [0, 0.1) is 24.0 Å². The van der Waals surface area contributed by atoms with Crippen LogP contribution in [-0.4, -0.2) is 49.6 Å². The number of ether oxygens (including phenoxy) is 2. The summed E-state index contributed by atoms with van der Waals surface area (Å²) in [6.07, 6.45) is 0. The first-order valence-corrected chi connectivity index (χ1v) is 8.80. The molecule has 0 saturated carbocycles. The molecular weight excluding hydrogens is 362 g/mol. The lowest BCUT2D eigenvalue weighted by atomic mass is 10.1. The molecule has 150 valence electrons. The lowest BCUT2D eigenvalue weighted by molar-refractivity contribution is -0.384. The lowest BCUT2D eigenvalue weighted by Gasteiger charge is -2.17. The highest BCUT2D eigenvalue weighted by atomic mass is 16.6. The highest BCUT2D eigenvalue weighted by Crippen LogP contribution is 2.28. The third-order valence-corrected chi connectivity index (χ3v) is 4.03. The average Bonchev–Trinajstić information content (AvgIpc) is 2.60. The minimum absolute atomic E-state index is 0.0827. The zero-order valence-corrected chi connectivity index (χ0v) is 16.5. The zero-order valence-electron chi connectivity index (χ0n) is 16.5. The summed E-state index contributed by atoms with van der Waals surface area (Å²) < 4.78 is 10.7. The molecule has 28 heavy (non-hydrogen) atoms. The first-order chi connectivity index (χ1) is 13.3.